The molecule has 0 fully saturated rings. The molecule has 0 aliphatic heterocycles. The zero-order valence-electron chi connectivity index (χ0n) is 15.0. The molecule has 1 aromatic heterocycles. The molecule has 7 nitrogen and oxygen atoms in total. The summed E-state index contributed by atoms with van der Waals surface area (Å²) in [7, 11) is -3.73. The van der Waals surface area contributed by atoms with Gasteiger partial charge in [0.2, 0.25) is 21.1 Å². The Morgan fingerprint density at radius 1 is 1.14 bits per heavy atom. The maximum Gasteiger partial charge on any atom is 0.249 e. The van der Waals surface area contributed by atoms with Gasteiger partial charge in [-0.3, -0.25) is 14.4 Å². The molecule has 3 aromatic rings. The van der Waals surface area contributed by atoms with Crippen LogP contribution < -0.4 is 9.62 Å². The minimum absolute atomic E-state index is 0.287. The van der Waals surface area contributed by atoms with Gasteiger partial charge >= 0.3 is 0 Å². The molecule has 0 saturated heterocycles. The summed E-state index contributed by atoms with van der Waals surface area (Å²) in [5.41, 5.74) is 1.19. The predicted molar refractivity (Wildman–Crippen MR) is 112 cm³/mol. The summed E-state index contributed by atoms with van der Waals surface area (Å²) in [5, 5.41) is 12.0. The van der Waals surface area contributed by atoms with Crippen LogP contribution in [0.2, 0.25) is 5.02 Å². The van der Waals surface area contributed by atoms with Gasteiger partial charge in [-0.15, -0.1) is 10.2 Å². The van der Waals surface area contributed by atoms with E-state index < -0.39 is 22.0 Å². The number of nitrogens with one attached hydrogen (secondary N) is 1. The molecule has 0 spiro atoms. The van der Waals surface area contributed by atoms with Crippen molar-refractivity contribution in [1.82, 2.24) is 10.2 Å². The lowest BCUT2D eigenvalue weighted by atomic mass is 10.2. The quantitative estimate of drug-likeness (QED) is 0.636. The topological polar surface area (TPSA) is 92.3 Å². The summed E-state index contributed by atoms with van der Waals surface area (Å²) in [4.78, 5) is 12.7. The Hall–Kier alpha value is -2.49. The van der Waals surface area contributed by atoms with Crippen molar-refractivity contribution in [2.75, 3.05) is 15.9 Å². The van der Waals surface area contributed by atoms with Gasteiger partial charge in [0.15, 0.2) is 0 Å². The number of amides is 1. The van der Waals surface area contributed by atoms with Gasteiger partial charge in [0.1, 0.15) is 11.0 Å². The first-order valence-corrected chi connectivity index (χ1v) is 11.2. The summed E-state index contributed by atoms with van der Waals surface area (Å²) in [5.74, 6) is -0.527. The summed E-state index contributed by atoms with van der Waals surface area (Å²) < 4.78 is 25.6. The number of halogens is 1. The van der Waals surface area contributed by atoms with Crippen molar-refractivity contribution >= 4 is 49.7 Å². The second kappa shape index (κ2) is 8.26. The van der Waals surface area contributed by atoms with E-state index >= 15 is 0 Å². The molecule has 3 rings (SSSR count). The molecule has 1 amide bonds. The Kier molecular flexibility index (Phi) is 5.97. The van der Waals surface area contributed by atoms with E-state index in [1.54, 1.807) is 18.2 Å². The Labute approximate surface area is 172 Å². The number of carbonyl (C=O) groups is 1. The van der Waals surface area contributed by atoms with Crippen molar-refractivity contribution in [1.29, 1.82) is 0 Å². The minimum atomic E-state index is -3.73. The first kappa shape index (κ1) is 20.2. The summed E-state index contributed by atoms with van der Waals surface area (Å²) >= 11 is 7.18. The van der Waals surface area contributed by atoms with Crippen LogP contribution in [0, 0.1) is 0 Å². The summed E-state index contributed by atoms with van der Waals surface area (Å²) in [6.45, 7) is 1.50. The Balaban J connectivity index is 1.82. The molecule has 0 unspecified atom stereocenters. The van der Waals surface area contributed by atoms with Gasteiger partial charge in [-0.25, -0.2) is 8.42 Å². The summed E-state index contributed by atoms with van der Waals surface area (Å²) in [6.07, 6.45) is 1.04. The van der Waals surface area contributed by atoms with Gasteiger partial charge in [-0.05, 0) is 25.1 Å². The number of benzene rings is 2. The highest BCUT2D eigenvalue weighted by Crippen LogP contribution is 2.27. The Morgan fingerprint density at radius 2 is 1.86 bits per heavy atom. The second-order valence-corrected chi connectivity index (χ2v) is 9.26. The van der Waals surface area contributed by atoms with Crippen molar-refractivity contribution < 1.29 is 13.2 Å². The number of nitrogens with zero attached hydrogens (tertiary/aromatic N) is 3. The fourth-order valence-corrected chi connectivity index (χ4v) is 4.71. The highest BCUT2D eigenvalue weighted by molar-refractivity contribution is 7.92. The van der Waals surface area contributed by atoms with Crippen LogP contribution in [-0.4, -0.2) is 36.8 Å². The van der Waals surface area contributed by atoms with E-state index in [1.165, 1.54) is 24.3 Å². The lowest BCUT2D eigenvalue weighted by Gasteiger charge is -2.27. The number of anilines is 2. The van der Waals surface area contributed by atoms with E-state index in [1.807, 2.05) is 30.3 Å². The largest absolute Gasteiger partial charge is 0.299 e. The molecular formula is C18H17ClN4O3S2. The molecule has 1 heterocycles. The molecule has 1 atom stereocenters. The SMILES string of the molecule is C[C@@H](C(=O)Nc1nnc(-c2ccccc2)s1)N(c1cccc(Cl)c1)S(C)(=O)=O. The first-order chi connectivity index (χ1) is 13.3. The van der Waals surface area contributed by atoms with Gasteiger partial charge in [-0.2, -0.15) is 0 Å². The molecule has 0 aliphatic rings. The number of aromatic nitrogens is 2. The first-order valence-electron chi connectivity index (χ1n) is 8.20. The second-order valence-electron chi connectivity index (χ2n) is 5.98. The van der Waals surface area contributed by atoms with Gasteiger partial charge in [0.25, 0.3) is 0 Å². The van der Waals surface area contributed by atoms with E-state index in [0.29, 0.717) is 15.7 Å². The van der Waals surface area contributed by atoms with Gasteiger partial charge in [-0.1, -0.05) is 59.3 Å². The standard InChI is InChI=1S/C18H17ClN4O3S2/c1-12(23(28(2,25)26)15-10-6-9-14(19)11-15)16(24)20-18-22-21-17(27-18)13-7-4-3-5-8-13/h3-12H,1-2H3,(H,20,22,24)/t12-/m0/s1. The Morgan fingerprint density at radius 3 is 2.50 bits per heavy atom. The minimum Gasteiger partial charge on any atom is -0.299 e. The zero-order valence-corrected chi connectivity index (χ0v) is 17.4. The van der Waals surface area contributed by atoms with Gasteiger partial charge in [0.05, 0.1) is 11.9 Å². The molecule has 10 heteroatoms. The Bertz CT molecular complexity index is 1090. The highest BCUT2D eigenvalue weighted by Gasteiger charge is 2.30. The molecule has 28 heavy (non-hydrogen) atoms. The van der Waals surface area contributed by atoms with Crippen molar-refractivity contribution in [3.8, 4) is 10.6 Å². The smallest absolute Gasteiger partial charge is 0.249 e. The highest BCUT2D eigenvalue weighted by atomic mass is 35.5. The van der Waals surface area contributed by atoms with Crippen LogP contribution in [0.3, 0.4) is 0 Å². The maximum atomic E-state index is 12.7. The van der Waals surface area contributed by atoms with Crippen LogP contribution in [-0.2, 0) is 14.8 Å². The van der Waals surface area contributed by atoms with E-state index in [9.17, 15) is 13.2 Å². The molecule has 0 bridgehead atoms. The van der Waals surface area contributed by atoms with E-state index in [2.05, 4.69) is 15.5 Å². The third-order valence-corrected chi connectivity index (χ3v) is 6.19. The van der Waals surface area contributed by atoms with E-state index in [0.717, 1.165) is 16.1 Å². The molecule has 0 saturated carbocycles. The lowest BCUT2D eigenvalue weighted by Crippen LogP contribution is -2.45. The van der Waals surface area contributed by atoms with Crippen molar-refractivity contribution in [2.24, 2.45) is 0 Å². The fraction of sp³-hybridized carbons (Fsp3) is 0.167. The molecular weight excluding hydrogens is 420 g/mol. The lowest BCUT2D eigenvalue weighted by molar-refractivity contribution is -0.116. The predicted octanol–water partition coefficient (Wildman–Crippen LogP) is 3.65. The summed E-state index contributed by atoms with van der Waals surface area (Å²) in [6, 6.07) is 14.7. The molecule has 1 N–H and O–H groups in total. The van der Waals surface area contributed by atoms with Gasteiger partial charge < -0.3 is 0 Å². The average Bonchev–Trinajstić information content (AvgIpc) is 3.10. The van der Waals surface area contributed by atoms with Crippen LogP contribution in [0.1, 0.15) is 6.92 Å². The molecule has 0 aliphatic carbocycles. The number of sulfonamides is 1. The van der Waals surface area contributed by atoms with Crippen LogP contribution in [0.25, 0.3) is 10.6 Å². The third-order valence-electron chi connectivity index (χ3n) is 3.83. The third kappa shape index (κ3) is 4.67. The van der Waals surface area contributed by atoms with Crippen LogP contribution in [0.15, 0.2) is 54.6 Å². The average molecular weight is 437 g/mol. The van der Waals surface area contributed by atoms with Gasteiger partial charge in [0, 0.05) is 10.6 Å². The monoisotopic (exact) mass is 436 g/mol. The fourth-order valence-electron chi connectivity index (χ4n) is 2.60. The van der Waals surface area contributed by atoms with Crippen molar-refractivity contribution in [2.45, 2.75) is 13.0 Å². The van der Waals surface area contributed by atoms with Crippen molar-refractivity contribution in [3.05, 3.63) is 59.6 Å². The molecule has 146 valence electrons. The molecule has 0 radical (unpaired) electrons. The van der Waals surface area contributed by atoms with Crippen LogP contribution in [0.5, 0.6) is 0 Å². The normalized spacial score (nSPS) is 12.4. The molecule has 2 aromatic carbocycles. The van der Waals surface area contributed by atoms with Crippen LogP contribution in [0.4, 0.5) is 10.8 Å². The number of hydrogen-bond donors (Lipinski definition) is 1. The maximum absolute atomic E-state index is 12.7. The number of hydrogen-bond acceptors (Lipinski definition) is 6. The number of carbonyl (C=O) groups excluding carboxylic acids is 1. The van der Waals surface area contributed by atoms with E-state index in [4.69, 9.17) is 11.6 Å². The number of rotatable bonds is 6. The van der Waals surface area contributed by atoms with Crippen LogP contribution >= 0.6 is 22.9 Å². The van der Waals surface area contributed by atoms with Crippen molar-refractivity contribution in [3.63, 3.8) is 0 Å². The zero-order chi connectivity index (χ0) is 20.3. The van der Waals surface area contributed by atoms with E-state index in [-0.39, 0.29) is 5.13 Å².